The Hall–Kier alpha value is -2.86. The van der Waals surface area contributed by atoms with E-state index >= 15 is 0 Å². The first-order valence-electron chi connectivity index (χ1n) is 7.74. The van der Waals surface area contributed by atoms with Gasteiger partial charge >= 0.3 is 16.1 Å². The first-order valence-corrected chi connectivity index (χ1v) is 9.15. The van der Waals surface area contributed by atoms with Crippen LogP contribution in [0.5, 0.6) is 0 Å². The van der Waals surface area contributed by atoms with Crippen molar-refractivity contribution >= 4 is 26.9 Å². The van der Waals surface area contributed by atoms with E-state index in [0.717, 1.165) is 5.39 Å². The number of allylic oxidation sites excluding steroid dienone is 1. The number of carbonyl (C=O) groups excluding carboxylic acids is 1. The lowest BCUT2D eigenvalue weighted by molar-refractivity contribution is -0.143. The van der Waals surface area contributed by atoms with Crippen LogP contribution in [0.2, 0.25) is 0 Å². The minimum atomic E-state index is -4.02. The Morgan fingerprint density at radius 1 is 0.960 bits per heavy atom. The lowest BCUT2D eigenvalue weighted by Gasteiger charge is -2.25. The summed E-state index contributed by atoms with van der Waals surface area (Å²) in [6, 6.07) is 12.2. The van der Waals surface area contributed by atoms with Gasteiger partial charge in [-0.15, -0.1) is 0 Å². The van der Waals surface area contributed by atoms with Crippen LogP contribution < -0.4 is 0 Å². The van der Waals surface area contributed by atoms with Gasteiger partial charge in [0.1, 0.15) is 16.8 Å². The van der Waals surface area contributed by atoms with E-state index < -0.39 is 22.2 Å². The summed E-state index contributed by atoms with van der Waals surface area (Å²) in [5, 5.41) is 1.40. The van der Waals surface area contributed by atoms with E-state index in [2.05, 4.69) is 0 Å². The van der Waals surface area contributed by atoms with Crippen molar-refractivity contribution in [2.24, 2.45) is 5.92 Å². The molecule has 1 heterocycles. The molecule has 0 spiro atoms. The second kappa shape index (κ2) is 5.89. The third kappa shape index (κ3) is 2.96. The molecule has 25 heavy (non-hydrogen) atoms. The third-order valence-electron chi connectivity index (χ3n) is 4.12. The van der Waals surface area contributed by atoms with E-state index in [1.807, 2.05) is 18.2 Å². The van der Waals surface area contributed by atoms with Gasteiger partial charge in [0.05, 0.1) is 0 Å². The average molecular weight is 354 g/mol. The predicted molar refractivity (Wildman–Crippen MR) is 92.0 cm³/mol. The maximum Gasteiger partial charge on any atom is 0.339 e. The van der Waals surface area contributed by atoms with E-state index in [1.54, 1.807) is 36.4 Å². The Kier molecular flexibility index (Phi) is 3.69. The quantitative estimate of drug-likeness (QED) is 0.626. The standard InChI is InChI=1S/C19H14O5S/c20-19-11-9-14-8-10-15(12-17(14)23-19)24-25(21,22)18-7-3-5-13-4-1-2-6-16(13)18/h1-12,14,17H/t14-,17-/m1/s1. The van der Waals surface area contributed by atoms with Gasteiger partial charge in [0.25, 0.3) is 0 Å². The van der Waals surface area contributed by atoms with E-state index in [0.29, 0.717) is 5.39 Å². The van der Waals surface area contributed by atoms with Gasteiger partial charge in [0, 0.05) is 23.5 Å². The number of benzene rings is 2. The summed E-state index contributed by atoms with van der Waals surface area (Å²) >= 11 is 0. The lowest BCUT2D eigenvalue weighted by atomic mass is 9.95. The van der Waals surface area contributed by atoms with Gasteiger partial charge in [-0.2, -0.15) is 8.42 Å². The van der Waals surface area contributed by atoms with Crippen LogP contribution in [0.25, 0.3) is 10.8 Å². The van der Waals surface area contributed by atoms with Crippen molar-refractivity contribution < 1.29 is 22.1 Å². The summed E-state index contributed by atoms with van der Waals surface area (Å²) in [7, 11) is -4.02. The van der Waals surface area contributed by atoms with Crippen molar-refractivity contribution in [1.29, 1.82) is 0 Å². The zero-order valence-electron chi connectivity index (χ0n) is 13.0. The van der Waals surface area contributed by atoms with Crippen molar-refractivity contribution in [3.63, 3.8) is 0 Å². The molecule has 2 aromatic carbocycles. The highest BCUT2D eigenvalue weighted by molar-refractivity contribution is 7.87. The molecule has 2 atom stereocenters. The molecule has 0 saturated heterocycles. The molecule has 0 radical (unpaired) electrons. The van der Waals surface area contributed by atoms with Crippen molar-refractivity contribution in [2.45, 2.75) is 11.0 Å². The fourth-order valence-corrected chi connectivity index (χ4v) is 4.09. The smallest absolute Gasteiger partial charge is 0.339 e. The van der Waals surface area contributed by atoms with Crippen molar-refractivity contribution in [3.05, 3.63) is 78.6 Å². The van der Waals surface area contributed by atoms with E-state index in [-0.39, 0.29) is 16.6 Å². The molecule has 5 nitrogen and oxygen atoms in total. The van der Waals surface area contributed by atoms with E-state index in [9.17, 15) is 13.2 Å². The van der Waals surface area contributed by atoms with Crippen LogP contribution in [0.1, 0.15) is 0 Å². The maximum atomic E-state index is 12.7. The van der Waals surface area contributed by atoms with Crippen LogP contribution in [-0.4, -0.2) is 20.5 Å². The second-order valence-electron chi connectivity index (χ2n) is 5.78. The van der Waals surface area contributed by atoms with Crippen LogP contribution in [0.15, 0.2) is 83.5 Å². The number of carbonyl (C=O) groups is 1. The fraction of sp³-hybridized carbons (Fsp3) is 0.105. The van der Waals surface area contributed by atoms with Gasteiger partial charge < -0.3 is 8.92 Å². The normalized spacial score (nSPS) is 22.2. The molecule has 0 saturated carbocycles. The number of rotatable bonds is 3. The lowest BCUT2D eigenvalue weighted by Crippen LogP contribution is -2.28. The molecule has 0 bridgehead atoms. The van der Waals surface area contributed by atoms with Gasteiger partial charge in [-0.25, -0.2) is 4.79 Å². The Balaban J connectivity index is 1.67. The number of hydrogen-bond acceptors (Lipinski definition) is 5. The van der Waals surface area contributed by atoms with Crippen molar-refractivity contribution in [3.8, 4) is 0 Å². The summed E-state index contributed by atoms with van der Waals surface area (Å²) in [5.41, 5.74) is 0. The first kappa shape index (κ1) is 15.7. The number of ether oxygens (including phenoxy) is 1. The Morgan fingerprint density at radius 2 is 1.72 bits per heavy atom. The number of esters is 1. The molecule has 126 valence electrons. The van der Waals surface area contributed by atoms with Gasteiger partial charge in [-0.3, -0.25) is 0 Å². The molecule has 0 amide bonds. The van der Waals surface area contributed by atoms with Crippen LogP contribution >= 0.6 is 0 Å². The monoisotopic (exact) mass is 354 g/mol. The van der Waals surface area contributed by atoms with Crippen molar-refractivity contribution in [1.82, 2.24) is 0 Å². The van der Waals surface area contributed by atoms with Crippen molar-refractivity contribution in [2.75, 3.05) is 0 Å². The summed E-state index contributed by atoms with van der Waals surface area (Å²) in [4.78, 5) is 11.5. The number of hydrogen-bond donors (Lipinski definition) is 0. The van der Waals surface area contributed by atoms with Gasteiger partial charge in [0.2, 0.25) is 0 Å². The second-order valence-corrected chi connectivity index (χ2v) is 7.30. The zero-order valence-corrected chi connectivity index (χ0v) is 13.8. The molecule has 0 aromatic heterocycles. The zero-order chi connectivity index (χ0) is 17.4. The van der Waals surface area contributed by atoms with Crippen LogP contribution in [0.4, 0.5) is 0 Å². The highest BCUT2D eigenvalue weighted by atomic mass is 32.2. The minimum absolute atomic E-state index is 0.0996. The molecule has 2 aliphatic rings. The van der Waals surface area contributed by atoms with Gasteiger partial charge in [-0.1, -0.05) is 48.6 Å². The molecule has 1 aliphatic heterocycles. The summed E-state index contributed by atoms with van der Waals surface area (Å²) < 4.78 is 35.9. The first-order chi connectivity index (χ1) is 12.0. The van der Waals surface area contributed by atoms with Gasteiger partial charge in [-0.05, 0) is 17.5 Å². The SMILES string of the molecule is O=C1C=C[C@H]2C=CC(OS(=O)(=O)c3cccc4ccccc34)=C[C@H]2O1. The topological polar surface area (TPSA) is 69.7 Å². The molecular weight excluding hydrogens is 340 g/mol. The highest BCUT2D eigenvalue weighted by Gasteiger charge is 2.28. The molecule has 0 N–H and O–H groups in total. The summed E-state index contributed by atoms with van der Waals surface area (Å²) in [5.74, 6) is -0.424. The van der Waals surface area contributed by atoms with E-state index in [4.69, 9.17) is 8.92 Å². The molecule has 4 rings (SSSR count). The molecule has 0 unspecified atom stereocenters. The predicted octanol–water partition coefficient (Wildman–Crippen LogP) is 3.10. The Labute approximate surface area is 145 Å². The number of fused-ring (bicyclic) bond motifs is 2. The Morgan fingerprint density at radius 3 is 2.60 bits per heavy atom. The average Bonchev–Trinajstić information content (AvgIpc) is 2.60. The largest absolute Gasteiger partial charge is 0.454 e. The van der Waals surface area contributed by atoms with Crippen LogP contribution in [-0.2, 0) is 23.8 Å². The fourth-order valence-electron chi connectivity index (χ4n) is 2.93. The summed E-state index contributed by atoms with van der Waals surface area (Å²) in [6.45, 7) is 0. The molecule has 0 fully saturated rings. The van der Waals surface area contributed by atoms with Gasteiger partial charge in [0.15, 0.2) is 0 Å². The molecule has 1 aliphatic carbocycles. The highest BCUT2D eigenvalue weighted by Crippen LogP contribution is 2.29. The summed E-state index contributed by atoms with van der Waals surface area (Å²) in [6.07, 6.45) is 7.36. The molecule has 6 heteroatoms. The maximum absolute atomic E-state index is 12.7. The molecule has 2 aromatic rings. The van der Waals surface area contributed by atoms with Crippen LogP contribution in [0, 0.1) is 5.92 Å². The third-order valence-corrected chi connectivity index (χ3v) is 5.43. The Bertz CT molecular complexity index is 1040. The molecular formula is C19H14O5S. The van der Waals surface area contributed by atoms with E-state index in [1.165, 1.54) is 18.2 Å². The minimum Gasteiger partial charge on any atom is -0.454 e. The van der Waals surface area contributed by atoms with Crippen LogP contribution in [0.3, 0.4) is 0 Å².